The molecule has 1 aromatic heterocycles. The van der Waals surface area contributed by atoms with Gasteiger partial charge in [0.2, 0.25) is 5.78 Å². The molecule has 27 heavy (non-hydrogen) atoms. The summed E-state index contributed by atoms with van der Waals surface area (Å²) in [7, 11) is 0. The van der Waals surface area contributed by atoms with Gasteiger partial charge in [0.1, 0.15) is 6.04 Å². The summed E-state index contributed by atoms with van der Waals surface area (Å²) in [6, 6.07) is 11.0. The summed E-state index contributed by atoms with van der Waals surface area (Å²) < 4.78 is 0. The molecular formula is C19H19N5O3. The number of carbonyl (C=O) groups is 3. The predicted molar refractivity (Wildman–Crippen MR) is 100 cm³/mol. The van der Waals surface area contributed by atoms with Crippen LogP contribution in [0.2, 0.25) is 0 Å². The van der Waals surface area contributed by atoms with Crippen molar-refractivity contribution >= 4 is 29.5 Å². The first-order chi connectivity index (χ1) is 12.9. The molecule has 0 bridgehead atoms. The molecule has 2 amide bonds. The van der Waals surface area contributed by atoms with E-state index in [4.69, 9.17) is 16.9 Å². The van der Waals surface area contributed by atoms with Crippen LogP contribution in [0, 0.1) is 5.41 Å². The van der Waals surface area contributed by atoms with Gasteiger partial charge in [-0.25, -0.2) is 0 Å². The zero-order valence-electron chi connectivity index (χ0n) is 14.4. The van der Waals surface area contributed by atoms with Crippen LogP contribution in [0.4, 0.5) is 0 Å². The number of nitrogens with one attached hydrogen (secondary N) is 2. The number of benzene rings is 1. The predicted octanol–water partition coefficient (Wildman–Crippen LogP) is 0.183. The van der Waals surface area contributed by atoms with Crippen LogP contribution in [0.1, 0.15) is 11.1 Å². The molecule has 138 valence electrons. The molecule has 0 aliphatic carbocycles. The molecule has 0 fully saturated rings. The zero-order valence-corrected chi connectivity index (χ0v) is 14.4. The number of aromatic nitrogens is 1. The van der Waals surface area contributed by atoms with Crippen LogP contribution in [0.15, 0.2) is 60.4 Å². The third-order valence-corrected chi connectivity index (χ3v) is 3.80. The topological polar surface area (TPSA) is 152 Å². The van der Waals surface area contributed by atoms with Gasteiger partial charge >= 0.3 is 0 Å². The minimum absolute atomic E-state index is 0.0283. The molecule has 0 radical (unpaired) electrons. The lowest BCUT2D eigenvalue weighted by molar-refractivity contribution is -0.138. The molecule has 0 aliphatic heterocycles. The van der Waals surface area contributed by atoms with E-state index in [0.717, 1.165) is 11.8 Å². The molecule has 8 nitrogen and oxygen atoms in total. The van der Waals surface area contributed by atoms with E-state index in [1.165, 1.54) is 6.20 Å². The van der Waals surface area contributed by atoms with E-state index in [9.17, 15) is 14.4 Å². The van der Waals surface area contributed by atoms with Crippen LogP contribution >= 0.6 is 0 Å². The monoisotopic (exact) mass is 365 g/mol. The number of ketones is 1. The third kappa shape index (κ3) is 5.08. The number of primary amides is 1. The van der Waals surface area contributed by atoms with Gasteiger partial charge in [-0.3, -0.25) is 19.4 Å². The van der Waals surface area contributed by atoms with E-state index in [0.29, 0.717) is 5.56 Å². The molecular weight excluding hydrogens is 346 g/mol. The Kier molecular flexibility index (Phi) is 6.54. The second-order valence-corrected chi connectivity index (χ2v) is 5.66. The molecule has 0 saturated carbocycles. The van der Waals surface area contributed by atoms with Gasteiger partial charge < -0.3 is 22.2 Å². The first-order valence-corrected chi connectivity index (χ1v) is 8.03. The van der Waals surface area contributed by atoms with Gasteiger partial charge in [-0.15, -0.1) is 0 Å². The number of carbonyl (C=O) groups excluding carboxylic acids is 3. The van der Waals surface area contributed by atoms with Gasteiger partial charge in [0, 0.05) is 30.6 Å². The summed E-state index contributed by atoms with van der Waals surface area (Å²) in [5.74, 6) is -2.85. The van der Waals surface area contributed by atoms with E-state index in [1.54, 1.807) is 48.7 Å². The van der Waals surface area contributed by atoms with Crippen LogP contribution in [0.3, 0.4) is 0 Å². The van der Waals surface area contributed by atoms with Crippen LogP contribution < -0.4 is 16.8 Å². The fourth-order valence-electron chi connectivity index (χ4n) is 2.41. The smallest absolute Gasteiger partial charge is 0.287 e. The zero-order chi connectivity index (χ0) is 19.8. The Labute approximate surface area is 155 Å². The van der Waals surface area contributed by atoms with E-state index in [-0.39, 0.29) is 17.7 Å². The highest BCUT2D eigenvalue weighted by molar-refractivity contribution is 6.38. The Morgan fingerprint density at radius 3 is 2.37 bits per heavy atom. The summed E-state index contributed by atoms with van der Waals surface area (Å²) in [6.45, 7) is 0. The highest BCUT2D eigenvalue weighted by Gasteiger charge is 2.27. The maximum absolute atomic E-state index is 12.6. The highest BCUT2D eigenvalue weighted by atomic mass is 16.2. The maximum atomic E-state index is 12.6. The van der Waals surface area contributed by atoms with Crippen LogP contribution in [-0.4, -0.2) is 34.8 Å². The lowest BCUT2D eigenvalue weighted by atomic mass is 10.0. The molecule has 2 aromatic rings. The lowest BCUT2D eigenvalue weighted by Gasteiger charge is -2.17. The van der Waals surface area contributed by atoms with Crippen molar-refractivity contribution in [1.82, 2.24) is 10.3 Å². The van der Waals surface area contributed by atoms with Crippen molar-refractivity contribution in [2.24, 2.45) is 11.5 Å². The first kappa shape index (κ1) is 19.5. The quantitative estimate of drug-likeness (QED) is 0.299. The normalized spacial score (nSPS) is 12.4. The van der Waals surface area contributed by atoms with Crippen molar-refractivity contribution in [3.63, 3.8) is 0 Å². The van der Waals surface area contributed by atoms with Gasteiger partial charge in [0.15, 0.2) is 0 Å². The molecule has 0 aliphatic rings. The number of hydrogen-bond donors (Lipinski definition) is 4. The van der Waals surface area contributed by atoms with Crippen LogP contribution in [-0.2, 0) is 20.8 Å². The largest absolute Gasteiger partial charge is 0.398 e. The fourth-order valence-corrected chi connectivity index (χ4v) is 2.41. The van der Waals surface area contributed by atoms with Gasteiger partial charge in [0.05, 0.1) is 11.3 Å². The number of hydrogen-bond acceptors (Lipinski definition) is 6. The van der Waals surface area contributed by atoms with Crippen molar-refractivity contribution in [2.75, 3.05) is 0 Å². The van der Waals surface area contributed by atoms with E-state index in [2.05, 4.69) is 10.3 Å². The Hall–Kier alpha value is -3.81. The van der Waals surface area contributed by atoms with E-state index < -0.39 is 23.6 Å². The van der Waals surface area contributed by atoms with Crippen molar-refractivity contribution in [2.45, 2.75) is 12.5 Å². The minimum atomic E-state index is -1.17. The highest BCUT2D eigenvalue weighted by Crippen LogP contribution is 2.12. The molecule has 2 rings (SSSR count). The standard InChI is InChI=1S/C19H19N5O3/c20-10-14(16(21)13-7-4-8-23-11-13)19(27)24-15(17(25)18(22)26)9-12-5-2-1-3-6-12/h1-8,10-11,15,20H,9,21H2,(H2,22,26)(H,24,27)/b16-14+,20-10?. The average Bonchev–Trinajstić information content (AvgIpc) is 2.68. The average molecular weight is 365 g/mol. The molecule has 1 atom stereocenters. The number of pyridine rings is 1. The number of nitrogens with zero attached hydrogens (tertiary/aromatic N) is 1. The summed E-state index contributed by atoms with van der Waals surface area (Å²) in [6.07, 6.45) is 3.85. The van der Waals surface area contributed by atoms with Gasteiger partial charge in [-0.05, 0) is 17.7 Å². The minimum Gasteiger partial charge on any atom is -0.398 e. The van der Waals surface area contributed by atoms with Crippen molar-refractivity contribution in [3.05, 3.63) is 71.6 Å². The van der Waals surface area contributed by atoms with E-state index in [1.807, 2.05) is 0 Å². The maximum Gasteiger partial charge on any atom is 0.287 e. The van der Waals surface area contributed by atoms with E-state index >= 15 is 0 Å². The molecule has 0 spiro atoms. The third-order valence-electron chi connectivity index (χ3n) is 3.80. The number of nitrogens with two attached hydrogens (primary N) is 2. The van der Waals surface area contributed by atoms with Crippen molar-refractivity contribution < 1.29 is 14.4 Å². The molecule has 1 aromatic carbocycles. The van der Waals surface area contributed by atoms with Crippen molar-refractivity contribution in [3.8, 4) is 0 Å². The Morgan fingerprint density at radius 2 is 1.81 bits per heavy atom. The molecule has 1 heterocycles. The summed E-state index contributed by atoms with van der Waals surface area (Å²) in [5, 5.41) is 9.96. The Bertz CT molecular complexity index is 879. The van der Waals surface area contributed by atoms with Crippen LogP contribution in [0.5, 0.6) is 0 Å². The van der Waals surface area contributed by atoms with Crippen molar-refractivity contribution in [1.29, 1.82) is 5.41 Å². The van der Waals surface area contributed by atoms with Gasteiger partial charge in [-0.1, -0.05) is 30.3 Å². The van der Waals surface area contributed by atoms with Gasteiger partial charge in [0.25, 0.3) is 11.8 Å². The summed E-state index contributed by atoms with van der Waals surface area (Å²) >= 11 is 0. The molecule has 1 unspecified atom stereocenters. The number of Topliss-reactive ketones (excluding diaryl/α,β-unsaturated/α-hetero) is 1. The lowest BCUT2D eigenvalue weighted by Crippen LogP contribution is -2.48. The van der Waals surface area contributed by atoms with Gasteiger partial charge in [-0.2, -0.15) is 0 Å². The molecule has 0 saturated heterocycles. The fraction of sp³-hybridized carbons (Fsp3) is 0.105. The SMILES string of the molecule is N=C/C(C(=O)NC(Cc1ccccc1)C(=O)C(N)=O)=C(\N)c1cccnc1. The Balaban J connectivity index is 2.29. The first-order valence-electron chi connectivity index (χ1n) is 8.03. The Morgan fingerprint density at radius 1 is 1.11 bits per heavy atom. The summed E-state index contributed by atoms with van der Waals surface area (Å²) in [4.78, 5) is 40.0. The second kappa shape index (κ2) is 9.04. The molecule has 6 N–H and O–H groups in total. The second-order valence-electron chi connectivity index (χ2n) is 5.66. The summed E-state index contributed by atoms with van der Waals surface area (Å²) in [5.41, 5.74) is 12.1. The van der Waals surface area contributed by atoms with Crippen LogP contribution in [0.25, 0.3) is 5.70 Å². The number of amides is 2. The molecule has 8 heteroatoms. The number of rotatable bonds is 8.